The first kappa shape index (κ1) is 25.2. The number of halogens is 6. The zero-order valence-electron chi connectivity index (χ0n) is 19.0. The highest BCUT2D eigenvalue weighted by atomic mass is 35.5. The second kappa shape index (κ2) is 8.81. The molecule has 13 heteroatoms. The molecule has 1 aromatic heterocycles. The van der Waals surface area contributed by atoms with Gasteiger partial charge in [0.25, 0.3) is 11.8 Å². The molecule has 192 valence electrons. The van der Waals surface area contributed by atoms with Crippen molar-refractivity contribution in [3.63, 3.8) is 0 Å². The first-order valence-electron chi connectivity index (χ1n) is 10.8. The van der Waals surface area contributed by atoms with Crippen LogP contribution in [-0.2, 0) is 13.2 Å². The molecule has 7 nitrogen and oxygen atoms in total. The molecular formula is C25H13ClF5N5O2. The van der Waals surface area contributed by atoms with E-state index in [-0.39, 0.29) is 50.1 Å². The number of nitrogens with one attached hydrogen (secondary N) is 2. The molecule has 38 heavy (non-hydrogen) atoms. The summed E-state index contributed by atoms with van der Waals surface area (Å²) in [6, 6.07) is 6.78. The van der Waals surface area contributed by atoms with Gasteiger partial charge in [0.05, 0.1) is 17.2 Å². The number of nitrogens with zero attached hydrogens (tertiary/aromatic N) is 3. The topological polar surface area (TPSA) is 99.8 Å². The van der Waals surface area contributed by atoms with E-state index in [1.165, 1.54) is 23.9 Å². The van der Waals surface area contributed by atoms with Gasteiger partial charge in [0.2, 0.25) is 0 Å². The van der Waals surface area contributed by atoms with Crippen LogP contribution in [0.3, 0.4) is 0 Å². The molecule has 2 heterocycles. The van der Waals surface area contributed by atoms with Crippen LogP contribution in [-0.4, -0.2) is 21.6 Å². The number of alkyl halides is 3. The highest BCUT2D eigenvalue weighted by Gasteiger charge is 2.37. The Balaban J connectivity index is 1.74. The number of hydrogen-bond acceptors (Lipinski definition) is 4. The Labute approximate surface area is 215 Å². The number of aryl methyl sites for hydroxylation is 1. The molecule has 2 amide bonds. The number of carbonyl (C=O) groups excluding carboxylic acids is 2. The number of aromatic nitrogens is 2. The van der Waals surface area contributed by atoms with Gasteiger partial charge in [0, 0.05) is 39.8 Å². The third kappa shape index (κ3) is 4.10. The van der Waals surface area contributed by atoms with Crippen LogP contribution in [0, 0.1) is 23.0 Å². The molecule has 1 aliphatic heterocycles. The van der Waals surface area contributed by atoms with Crippen molar-refractivity contribution < 1.29 is 31.5 Å². The molecule has 2 N–H and O–H groups in total. The molecule has 1 aliphatic rings. The van der Waals surface area contributed by atoms with E-state index >= 15 is 0 Å². The Hall–Kier alpha value is -4.50. The maximum atomic E-state index is 14.2. The third-order valence-electron chi connectivity index (χ3n) is 6.05. The Morgan fingerprint density at radius 3 is 2.58 bits per heavy atom. The lowest BCUT2D eigenvalue weighted by Gasteiger charge is -2.28. The van der Waals surface area contributed by atoms with Gasteiger partial charge in [-0.3, -0.25) is 14.3 Å². The Morgan fingerprint density at radius 1 is 1.16 bits per heavy atom. The van der Waals surface area contributed by atoms with Crippen LogP contribution in [0.1, 0.15) is 49.1 Å². The second-order valence-electron chi connectivity index (χ2n) is 8.45. The van der Waals surface area contributed by atoms with Crippen molar-refractivity contribution in [2.75, 3.05) is 5.32 Å². The molecule has 4 aromatic rings. The molecule has 1 unspecified atom stereocenters. The molecule has 0 fully saturated rings. The van der Waals surface area contributed by atoms with Crippen molar-refractivity contribution >= 4 is 40.0 Å². The van der Waals surface area contributed by atoms with E-state index in [0.717, 1.165) is 12.1 Å². The Morgan fingerprint density at radius 2 is 1.89 bits per heavy atom. The van der Waals surface area contributed by atoms with Gasteiger partial charge in [-0.05, 0) is 42.5 Å². The van der Waals surface area contributed by atoms with Crippen molar-refractivity contribution in [1.82, 2.24) is 15.1 Å². The first-order valence-corrected chi connectivity index (χ1v) is 11.2. The zero-order valence-corrected chi connectivity index (χ0v) is 19.8. The van der Waals surface area contributed by atoms with Crippen LogP contribution in [0.5, 0.6) is 0 Å². The van der Waals surface area contributed by atoms with E-state index in [4.69, 9.17) is 11.6 Å². The minimum atomic E-state index is -4.91. The van der Waals surface area contributed by atoms with Crippen LogP contribution in [0.4, 0.5) is 27.6 Å². The van der Waals surface area contributed by atoms with Crippen LogP contribution in [0.25, 0.3) is 10.9 Å². The normalized spacial score (nSPS) is 14.8. The van der Waals surface area contributed by atoms with Gasteiger partial charge in [-0.15, -0.1) is 0 Å². The number of rotatable bonds is 3. The smallest absolute Gasteiger partial charge is 0.340 e. The Kier molecular flexibility index (Phi) is 5.83. The quantitative estimate of drug-likeness (QED) is 0.333. The van der Waals surface area contributed by atoms with E-state index in [2.05, 4.69) is 15.7 Å². The standard InChI is InChI=1S/C25H13ClF5N5O2/c1-36-22-19-18(21(34-24(22)38)15-8-13(27)2-3-16(15)26)17(6-11(9-32)20(19)35-36)33-23(37)10-4-12(25(29,30)31)7-14(28)5-10/h2-8,21H,1H3,(H,33,37)(H,34,38). The van der Waals surface area contributed by atoms with Crippen molar-refractivity contribution in [1.29, 1.82) is 5.26 Å². The minimum absolute atomic E-state index is 0.0245. The largest absolute Gasteiger partial charge is 0.416 e. The fourth-order valence-corrected chi connectivity index (χ4v) is 4.69. The number of carbonyl (C=O) groups is 2. The number of anilines is 1. The van der Waals surface area contributed by atoms with Crippen molar-refractivity contribution in [3.05, 3.63) is 92.6 Å². The third-order valence-corrected chi connectivity index (χ3v) is 6.40. The van der Waals surface area contributed by atoms with Crippen LogP contribution >= 0.6 is 11.6 Å². The average molecular weight is 546 g/mol. The highest BCUT2D eigenvalue weighted by Crippen LogP contribution is 2.43. The molecule has 0 spiro atoms. The van der Waals surface area contributed by atoms with Crippen molar-refractivity contribution in [3.8, 4) is 6.07 Å². The van der Waals surface area contributed by atoms with Gasteiger partial charge in [-0.1, -0.05) is 11.6 Å². The van der Waals surface area contributed by atoms with Gasteiger partial charge in [0.1, 0.15) is 28.9 Å². The van der Waals surface area contributed by atoms with E-state index < -0.39 is 46.8 Å². The monoisotopic (exact) mass is 545 g/mol. The molecule has 3 aromatic carbocycles. The van der Waals surface area contributed by atoms with Crippen LogP contribution in [0.2, 0.25) is 5.02 Å². The lowest BCUT2D eigenvalue weighted by molar-refractivity contribution is -0.137. The average Bonchev–Trinajstić information content (AvgIpc) is 3.20. The van der Waals surface area contributed by atoms with E-state index in [9.17, 15) is 36.8 Å². The maximum absolute atomic E-state index is 14.2. The summed E-state index contributed by atoms with van der Waals surface area (Å²) in [5, 5.41) is 19.3. The van der Waals surface area contributed by atoms with Crippen molar-refractivity contribution in [2.45, 2.75) is 12.2 Å². The van der Waals surface area contributed by atoms with Crippen LogP contribution < -0.4 is 10.6 Å². The lowest BCUT2D eigenvalue weighted by atomic mass is 9.88. The summed E-state index contributed by atoms with van der Waals surface area (Å²) in [5.74, 6) is -3.71. The summed E-state index contributed by atoms with van der Waals surface area (Å²) >= 11 is 6.31. The summed E-state index contributed by atoms with van der Waals surface area (Å²) in [5.41, 5.74) is -1.77. The molecule has 0 bridgehead atoms. The molecule has 1 atom stereocenters. The fraction of sp³-hybridized carbons (Fsp3) is 0.120. The predicted octanol–water partition coefficient (Wildman–Crippen LogP) is 5.48. The lowest BCUT2D eigenvalue weighted by Crippen LogP contribution is -2.35. The highest BCUT2D eigenvalue weighted by molar-refractivity contribution is 6.31. The molecule has 0 radical (unpaired) electrons. The summed E-state index contributed by atoms with van der Waals surface area (Å²) in [7, 11) is 1.46. The molecule has 5 rings (SSSR count). The maximum Gasteiger partial charge on any atom is 0.416 e. The van der Waals surface area contributed by atoms with Gasteiger partial charge >= 0.3 is 6.18 Å². The van der Waals surface area contributed by atoms with Gasteiger partial charge in [0.15, 0.2) is 0 Å². The zero-order chi connectivity index (χ0) is 27.5. The SMILES string of the molecule is Cn1nc2c(C#N)cc(NC(=O)c3cc(F)cc(C(F)(F)F)c3)c3c2c1C(=O)NC3c1cc(F)ccc1Cl. The summed E-state index contributed by atoms with van der Waals surface area (Å²) in [4.78, 5) is 26.1. The van der Waals surface area contributed by atoms with Crippen molar-refractivity contribution in [2.24, 2.45) is 7.05 Å². The summed E-state index contributed by atoms with van der Waals surface area (Å²) in [6.45, 7) is 0. The predicted molar refractivity (Wildman–Crippen MR) is 126 cm³/mol. The fourth-order valence-electron chi connectivity index (χ4n) is 4.46. The number of hydrogen-bond donors (Lipinski definition) is 2. The van der Waals surface area contributed by atoms with Gasteiger partial charge < -0.3 is 10.6 Å². The summed E-state index contributed by atoms with van der Waals surface area (Å²) < 4.78 is 69.0. The number of nitriles is 1. The van der Waals surface area contributed by atoms with Crippen LogP contribution in [0.15, 0.2) is 42.5 Å². The first-order chi connectivity index (χ1) is 17.9. The minimum Gasteiger partial charge on any atom is -0.340 e. The van der Waals surface area contributed by atoms with E-state index in [1.54, 1.807) is 0 Å². The number of benzene rings is 3. The second-order valence-corrected chi connectivity index (χ2v) is 8.85. The van der Waals surface area contributed by atoms with Gasteiger partial charge in [-0.25, -0.2) is 8.78 Å². The Bertz CT molecular complexity index is 1720. The molecule has 0 saturated carbocycles. The molecule has 0 saturated heterocycles. The molecule has 0 aliphatic carbocycles. The number of amides is 2. The van der Waals surface area contributed by atoms with Gasteiger partial charge in [-0.2, -0.15) is 23.5 Å². The summed E-state index contributed by atoms with van der Waals surface area (Å²) in [6.07, 6.45) is -4.91. The van der Waals surface area contributed by atoms with E-state index in [1.807, 2.05) is 6.07 Å². The molecular weight excluding hydrogens is 533 g/mol. The van der Waals surface area contributed by atoms with E-state index in [0.29, 0.717) is 12.1 Å².